The maximum atomic E-state index is 12.4. The molecule has 3 aromatic carbocycles. The highest BCUT2D eigenvalue weighted by molar-refractivity contribution is 5.81. The number of phenolic OH excluding ortho intramolecular Hbond substituents is 1. The molecule has 3 aromatic rings. The smallest absolute Gasteiger partial charge is 0.407 e. The highest BCUT2D eigenvalue weighted by atomic mass is 16.5. The number of hydrogen-bond donors (Lipinski definition) is 3. The van der Waals surface area contributed by atoms with Crippen LogP contribution in [0, 0.1) is 0 Å². The van der Waals surface area contributed by atoms with Crippen molar-refractivity contribution < 1.29 is 24.5 Å². The van der Waals surface area contributed by atoms with Crippen molar-refractivity contribution in [2.75, 3.05) is 6.61 Å². The van der Waals surface area contributed by atoms with Gasteiger partial charge >= 0.3 is 12.1 Å². The van der Waals surface area contributed by atoms with Crippen molar-refractivity contribution in [1.82, 2.24) is 5.32 Å². The van der Waals surface area contributed by atoms with Gasteiger partial charge in [-0.25, -0.2) is 9.59 Å². The van der Waals surface area contributed by atoms with E-state index in [1.54, 1.807) is 24.3 Å². The Balaban J connectivity index is 1.38. The number of aliphatic carboxylic acids is 1. The van der Waals surface area contributed by atoms with Crippen LogP contribution in [0.2, 0.25) is 0 Å². The third-order valence-electron chi connectivity index (χ3n) is 5.59. The number of carbonyl (C=O) groups is 2. The summed E-state index contributed by atoms with van der Waals surface area (Å²) in [6.07, 6.45) is -0.0921. The van der Waals surface area contributed by atoms with Gasteiger partial charge in [0, 0.05) is 5.92 Å². The highest BCUT2D eigenvalue weighted by Gasteiger charge is 2.29. The van der Waals surface area contributed by atoms with E-state index in [0.29, 0.717) is 6.42 Å². The lowest BCUT2D eigenvalue weighted by Gasteiger charge is -2.17. The molecule has 1 atom stereocenters. The summed E-state index contributed by atoms with van der Waals surface area (Å²) in [6.45, 7) is 0.129. The Morgan fingerprint density at radius 2 is 1.48 bits per heavy atom. The summed E-state index contributed by atoms with van der Waals surface area (Å²) >= 11 is 0. The molecule has 1 amide bonds. The molecule has 6 heteroatoms. The number of aromatic hydroxyl groups is 1. The number of carboxylic acids is 1. The van der Waals surface area contributed by atoms with Gasteiger partial charge in [0.25, 0.3) is 0 Å². The number of fused-ring (bicyclic) bond motifs is 3. The van der Waals surface area contributed by atoms with E-state index < -0.39 is 18.1 Å². The van der Waals surface area contributed by atoms with Gasteiger partial charge in [-0.05, 0) is 52.8 Å². The summed E-state index contributed by atoms with van der Waals surface area (Å²) in [4.78, 5) is 24.0. The molecule has 158 valence electrons. The fraction of sp³-hybridized carbons (Fsp3) is 0.200. The van der Waals surface area contributed by atoms with E-state index in [0.717, 1.165) is 27.8 Å². The van der Waals surface area contributed by atoms with Crippen molar-refractivity contribution in [2.24, 2.45) is 0 Å². The predicted molar refractivity (Wildman–Crippen MR) is 116 cm³/mol. The Bertz CT molecular complexity index is 1050. The largest absolute Gasteiger partial charge is 0.508 e. The van der Waals surface area contributed by atoms with Gasteiger partial charge in [0.15, 0.2) is 0 Å². The van der Waals surface area contributed by atoms with Crippen molar-refractivity contribution >= 4 is 12.1 Å². The van der Waals surface area contributed by atoms with E-state index in [4.69, 9.17) is 4.74 Å². The fourth-order valence-electron chi connectivity index (χ4n) is 4.01. The molecule has 0 heterocycles. The first-order chi connectivity index (χ1) is 15.0. The Morgan fingerprint density at radius 1 is 0.903 bits per heavy atom. The van der Waals surface area contributed by atoms with Crippen LogP contribution in [-0.4, -0.2) is 34.9 Å². The molecule has 31 heavy (non-hydrogen) atoms. The minimum absolute atomic E-state index is 0.0848. The molecule has 0 aromatic heterocycles. The van der Waals surface area contributed by atoms with Crippen molar-refractivity contribution in [3.63, 3.8) is 0 Å². The molecule has 4 rings (SSSR count). The molecule has 0 aliphatic heterocycles. The number of carbonyl (C=O) groups excluding carboxylic acids is 1. The van der Waals surface area contributed by atoms with Crippen LogP contribution >= 0.6 is 0 Å². The lowest BCUT2D eigenvalue weighted by atomic mass is 9.98. The van der Waals surface area contributed by atoms with E-state index >= 15 is 0 Å². The third kappa shape index (κ3) is 4.53. The van der Waals surface area contributed by atoms with Crippen LogP contribution in [0.4, 0.5) is 4.79 Å². The van der Waals surface area contributed by atoms with Gasteiger partial charge in [-0.1, -0.05) is 60.7 Å². The summed E-state index contributed by atoms with van der Waals surface area (Å²) in [5.41, 5.74) is 5.32. The van der Waals surface area contributed by atoms with E-state index in [2.05, 4.69) is 17.4 Å². The molecule has 0 saturated heterocycles. The first-order valence-electron chi connectivity index (χ1n) is 10.1. The van der Waals surface area contributed by atoms with Crippen molar-refractivity contribution in [1.29, 1.82) is 0 Å². The maximum absolute atomic E-state index is 12.4. The second-order valence-corrected chi connectivity index (χ2v) is 7.57. The summed E-state index contributed by atoms with van der Waals surface area (Å²) in [7, 11) is 0. The van der Waals surface area contributed by atoms with Crippen LogP contribution in [0.25, 0.3) is 11.1 Å². The van der Waals surface area contributed by atoms with Gasteiger partial charge in [-0.15, -0.1) is 0 Å². The molecule has 6 nitrogen and oxygen atoms in total. The molecule has 0 fully saturated rings. The Kier molecular flexibility index (Phi) is 5.89. The Labute approximate surface area is 180 Å². The van der Waals surface area contributed by atoms with Crippen LogP contribution in [0.1, 0.15) is 29.0 Å². The standard InChI is InChI=1S/C25H23NO5/c27-17-12-9-16(10-13-17)11-14-23(24(28)29)26-25(30)31-15-22-20-7-3-1-5-18(20)19-6-2-4-8-21(19)22/h1-10,12-13,22-23,27H,11,14-15H2,(H,26,30)(H,28,29)/t23-/m0/s1. The second-order valence-electron chi connectivity index (χ2n) is 7.57. The number of benzene rings is 3. The summed E-state index contributed by atoms with van der Waals surface area (Å²) in [6, 6.07) is 21.5. The van der Waals surface area contributed by atoms with Crippen LogP contribution in [0.3, 0.4) is 0 Å². The maximum Gasteiger partial charge on any atom is 0.407 e. The zero-order valence-corrected chi connectivity index (χ0v) is 16.8. The first-order valence-corrected chi connectivity index (χ1v) is 10.1. The van der Waals surface area contributed by atoms with Gasteiger partial charge in [-0.2, -0.15) is 0 Å². The molecular weight excluding hydrogens is 394 g/mol. The average molecular weight is 417 g/mol. The highest BCUT2D eigenvalue weighted by Crippen LogP contribution is 2.44. The van der Waals surface area contributed by atoms with E-state index in [9.17, 15) is 19.8 Å². The minimum Gasteiger partial charge on any atom is -0.508 e. The molecular formula is C25H23NO5. The number of amides is 1. The fourth-order valence-corrected chi connectivity index (χ4v) is 4.01. The number of carboxylic acid groups (broad SMARTS) is 1. The lowest BCUT2D eigenvalue weighted by molar-refractivity contribution is -0.139. The molecule has 0 saturated carbocycles. The number of nitrogens with one attached hydrogen (secondary N) is 1. The van der Waals surface area contributed by atoms with Crippen LogP contribution in [0.15, 0.2) is 72.8 Å². The molecule has 0 bridgehead atoms. The van der Waals surface area contributed by atoms with Crippen LogP contribution in [0.5, 0.6) is 5.75 Å². The summed E-state index contributed by atoms with van der Waals surface area (Å²) in [5.74, 6) is -1.05. The zero-order valence-electron chi connectivity index (χ0n) is 16.8. The van der Waals surface area contributed by atoms with Crippen molar-refractivity contribution in [3.8, 4) is 16.9 Å². The van der Waals surface area contributed by atoms with Crippen LogP contribution in [-0.2, 0) is 16.0 Å². The first kappa shape index (κ1) is 20.5. The summed E-state index contributed by atoms with van der Waals surface area (Å²) < 4.78 is 5.44. The van der Waals surface area contributed by atoms with Crippen molar-refractivity contribution in [3.05, 3.63) is 89.5 Å². The molecule has 1 aliphatic rings. The van der Waals surface area contributed by atoms with E-state index in [-0.39, 0.29) is 24.7 Å². The predicted octanol–water partition coefficient (Wildman–Crippen LogP) is 4.32. The van der Waals surface area contributed by atoms with Gasteiger partial charge in [-0.3, -0.25) is 0 Å². The number of rotatable bonds is 7. The monoisotopic (exact) mass is 417 g/mol. The number of aryl methyl sites for hydroxylation is 1. The van der Waals surface area contributed by atoms with Gasteiger partial charge in [0.2, 0.25) is 0 Å². The normalized spacial score (nSPS) is 13.2. The number of alkyl carbamates (subject to hydrolysis) is 1. The Morgan fingerprint density at radius 3 is 2.06 bits per heavy atom. The summed E-state index contributed by atoms with van der Waals surface area (Å²) in [5, 5.41) is 21.3. The number of hydrogen-bond acceptors (Lipinski definition) is 4. The van der Waals surface area contributed by atoms with Crippen molar-refractivity contribution in [2.45, 2.75) is 24.8 Å². The quantitative estimate of drug-likeness (QED) is 0.532. The van der Waals surface area contributed by atoms with Gasteiger partial charge in [0.05, 0.1) is 0 Å². The van der Waals surface area contributed by atoms with Gasteiger partial charge in [0.1, 0.15) is 18.4 Å². The molecule has 3 N–H and O–H groups in total. The zero-order chi connectivity index (χ0) is 21.8. The lowest BCUT2D eigenvalue weighted by Crippen LogP contribution is -2.41. The molecule has 0 unspecified atom stereocenters. The second kappa shape index (κ2) is 8.92. The molecule has 0 radical (unpaired) electrons. The van der Waals surface area contributed by atoms with Crippen LogP contribution < -0.4 is 5.32 Å². The number of phenols is 1. The SMILES string of the molecule is O=C(N[C@@H](CCc1ccc(O)cc1)C(=O)O)OCC1c2ccccc2-c2ccccc21. The molecule has 1 aliphatic carbocycles. The third-order valence-corrected chi connectivity index (χ3v) is 5.59. The topological polar surface area (TPSA) is 95.9 Å². The number of ether oxygens (including phenoxy) is 1. The van der Waals surface area contributed by atoms with E-state index in [1.165, 1.54) is 0 Å². The molecule has 0 spiro atoms. The van der Waals surface area contributed by atoms with E-state index in [1.807, 2.05) is 36.4 Å². The van der Waals surface area contributed by atoms with Gasteiger partial charge < -0.3 is 20.3 Å². The minimum atomic E-state index is -1.12. The Hall–Kier alpha value is -3.80. The average Bonchev–Trinajstić information content (AvgIpc) is 3.10.